The second kappa shape index (κ2) is 7.40. The molecule has 24 heavy (non-hydrogen) atoms. The molecule has 1 amide bonds. The van der Waals surface area contributed by atoms with Gasteiger partial charge in [-0.3, -0.25) is 4.79 Å². The van der Waals surface area contributed by atoms with Crippen LogP contribution in [-0.2, 0) is 11.3 Å². The van der Waals surface area contributed by atoms with Crippen molar-refractivity contribution in [3.8, 4) is 5.75 Å². The van der Waals surface area contributed by atoms with E-state index in [1.165, 1.54) is 17.3 Å². The molecule has 0 aliphatic rings. The van der Waals surface area contributed by atoms with Gasteiger partial charge in [0.2, 0.25) is 5.91 Å². The van der Waals surface area contributed by atoms with Crippen LogP contribution in [0.1, 0.15) is 5.56 Å². The van der Waals surface area contributed by atoms with Gasteiger partial charge in [0.1, 0.15) is 12.4 Å². The Kier molecular flexibility index (Phi) is 5.05. The van der Waals surface area contributed by atoms with E-state index in [-0.39, 0.29) is 11.7 Å². The predicted molar refractivity (Wildman–Crippen MR) is 96.3 cm³/mol. The van der Waals surface area contributed by atoms with Crippen LogP contribution in [0, 0.1) is 6.92 Å². The summed E-state index contributed by atoms with van der Waals surface area (Å²) in [5.74, 6) is 0.702. The van der Waals surface area contributed by atoms with E-state index in [1.807, 2.05) is 55.5 Å². The number of carbonyl (C=O) groups excluding carboxylic acids is 1. The number of nitrogens with zero attached hydrogens (tertiary/aromatic N) is 2. The third-order valence-electron chi connectivity index (χ3n) is 3.57. The summed E-state index contributed by atoms with van der Waals surface area (Å²) in [4.78, 5) is 15.6. The van der Waals surface area contributed by atoms with E-state index in [0.29, 0.717) is 13.2 Å². The first-order valence-electron chi connectivity index (χ1n) is 7.69. The number of ether oxygens (including phenoxy) is 1. The summed E-state index contributed by atoms with van der Waals surface area (Å²) in [5.41, 5.74) is 8.38. The SMILES string of the molecule is Cc1ccc(OCCn2c(SCC(N)=O)nc3ccccc32)cc1. The molecule has 6 heteroatoms. The number of amides is 1. The topological polar surface area (TPSA) is 70.1 Å². The number of primary amides is 1. The molecule has 2 aromatic carbocycles. The molecule has 3 rings (SSSR count). The molecular formula is C18H19N3O2S. The Bertz CT molecular complexity index is 843. The van der Waals surface area contributed by atoms with Crippen LogP contribution in [0.5, 0.6) is 5.75 Å². The van der Waals surface area contributed by atoms with E-state index in [0.717, 1.165) is 21.9 Å². The van der Waals surface area contributed by atoms with E-state index >= 15 is 0 Å². The van der Waals surface area contributed by atoms with Gasteiger partial charge < -0.3 is 15.0 Å². The fraction of sp³-hybridized carbons (Fsp3) is 0.222. The van der Waals surface area contributed by atoms with Gasteiger partial charge in [0.15, 0.2) is 5.16 Å². The molecule has 0 radical (unpaired) electrons. The molecule has 0 atom stereocenters. The zero-order valence-electron chi connectivity index (χ0n) is 13.4. The Hall–Kier alpha value is -2.47. The Labute approximate surface area is 144 Å². The molecule has 2 N–H and O–H groups in total. The summed E-state index contributed by atoms with van der Waals surface area (Å²) in [6.07, 6.45) is 0. The third-order valence-corrected chi connectivity index (χ3v) is 4.57. The van der Waals surface area contributed by atoms with Crippen molar-refractivity contribution < 1.29 is 9.53 Å². The van der Waals surface area contributed by atoms with Crippen LogP contribution in [0.2, 0.25) is 0 Å². The molecule has 0 fully saturated rings. The fourth-order valence-electron chi connectivity index (χ4n) is 2.40. The summed E-state index contributed by atoms with van der Waals surface area (Å²) in [6.45, 7) is 3.21. The molecule has 5 nitrogen and oxygen atoms in total. The highest BCUT2D eigenvalue weighted by molar-refractivity contribution is 7.99. The van der Waals surface area contributed by atoms with Crippen molar-refractivity contribution in [3.05, 3.63) is 54.1 Å². The minimum atomic E-state index is -0.352. The Morgan fingerprint density at radius 2 is 1.96 bits per heavy atom. The van der Waals surface area contributed by atoms with Crippen molar-refractivity contribution >= 4 is 28.7 Å². The summed E-state index contributed by atoms with van der Waals surface area (Å²) in [5, 5.41) is 0.780. The molecule has 3 aromatic rings. The summed E-state index contributed by atoms with van der Waals surface area (Å²) in [7, 11) is 0. The van der Waals surface area contributed by atoms with Crippen molar-refractivity contribution in [2.45, 2.75) is 18.6 Å². The number of aromatic nitrogens is 2. The first kappa shape index (κ1) is 16.4. The number of thioether (sulfide) groups is 1. The highest BCUT2D eigenvalue weighted by atomic mass is 32.2. The van der Waals surface area contributed by atoms with Gasteiger partial charge in [-0.05, 0) is 31.2 Å². The normalized spacial score (nSPS) is 10.9. The van der Waals surface area contributed by atoms with E-state index < -0.39 is 0 Å². The standard InChI is InChI=1S/C18H19N3O2S/c1-13-6-8-14(9-7-13)23-11-10-21-16-5-3-2-4-15(16)20-18(21)24-12-17(19)22/h2-9H,10-12H2,1H3,(H2,19,22). The highest BCUT2D eigenvalue weighted by Gasteiger charge is 2.12. The maximum Gasteiger partial charge on any atom is 0.227 e. The Morgan fingerprint density at radius 1 is 1.21 bits per heavy atom. The van der Waals surface area contributed by atoms with Crippen molar-refractivity contribution in [2.75, 3.05) is 12.4 Å². The average Bonchev–Trinajstić information content (AvgIpc) is 2.93. The molecule has 0 aliphatic heterocycles. The van der Waals surface area contributed by atoms with Gasteiger partial charge in [0, 0.05) is 0 Å². The number of hydrogen-bond acceptors (Lipinski definition) is 4. The molecule has 0 bridgehead atoms. The zero-order valence-corrected chi connectivity index (χ0v) is 14.3. The van der Waals surface area contributed by atoms with Crippen LogP contribution in [0.3, 0.4) is 0 Å². The third kappa shape index (κ3) is 3.89. The number of rotatable bonds is 7. The molecule has 0 unspecified atom stereocenters. The van der Waals surface area contributed by atoms with Gasteiger partial charge >= 0.3 is 0 Å². The lowest BCUT2D eigenvalue weighted by atomic mass is 10.2. The average molecular weight is 341 g/mol. The maximum absolute atomic E-state index is 11.1. The molecule has 1 heterocycles. The van der Waals surface area contributed by atoms with Crippen molar-refractivity contribution in [1.29, 1.82) is 0 Å². The number of hydrogen-bond donors (Lipinski definition) is 1. The van der Waals surface area contributed by atoms with Crippen LogP contribution >= 0.6 is 11.8 Å². The number of benzene rings is 2. The number of nitrogens with two attached hydrogens (primary N) is 1. The second-order valence-electron chi connectivity index (χ2n) is 5.45. The minimum absolute atomic E-state index is 0.210. The molecule has 1 aromatic heterocycles. The van der Waals surface area contributed by atoms with Crippen LogP contribution in [0.15, 0.2) is 53.7 Å². The lowest BCUT2D eigenvalue weighted by Crippen LogP contribution is -2.14. The van der Waals surface area contributed by atoms with Gasteiger partial charge in [-0.15, -0.1) is 0 Å². The largest absolute Gasteiger partial charge is 0.492 e. The monoisotopic (exact) mass is 341 g/mol. The van der Waals surface area contributed by atoms with Crippen LogP contribution in [0.4, 0.5) is 0 Å². The summed E-state index contributed by atoms with van der Waals surface area (Å²) in [6, 6.07) is 15.9. The zero-order chi connectivity index (χ0) is 16.9. The Morgan fingerprint density at radius 3 is 2.71 bits per heavy atom. The van der Waals surface area contributed by atoms with Crippen LogP contribution in [-0.4, -0.2) is 27.8 Å². The van der Waals surface area contributed by atoms with Gasteiger partial charge in [0.05, 0.1) is 23.3 Å². The quantitative estimate of drug-likeness (QED) is 0.671. The number of aryl methyl sites for hydroxylation is 1. The van der Waals surface area contributed by atoms with E-state index in [9.17, 15) is 4.79 Å². The molecule has 0 saturated carbocycles. The van der Waals surface area contributed by atoms with Crippen molar-refractivity contribution in [2.24, 2.45) is 5.73 Å². The number of para-hydroxylation sites is 2. The van der Waals surface area contributed by atoms with E-state index in [1.54, 1.807) is 0 Å². The number of carbonyl (C=O) groups is 1. The van der Waals surface area contributed by atoms with Gasteiger partial charge in [-0.2, -0.15) is 0 Å². The lowest BCUT2D eigenvalue weighted by Gasteiger charge is -2.10. The van der Waals surface area contributed by atoms with Crippen molar-refractivity contribution in [3.63, 3.8) is 0 Å². The van der Waals surface area contributed by atoms with Gasteiger partial charge in [-0.25, -0.2) is 4.98 Å². The number of fused-ring (bicyclic) bond motifs is 1. The lowest BCUT2D eigenvalue weighted by molar-refractivity contribution is -0.115. The highest BCUT2D eigenvalue weighted by Crippen LogP contribution is 2.24. The molecule has 0 aliphatic carbocycles. The van der Waals surface area contributed by atoms with E-state index in [2.05, 4.69) is 9.55 Å². The minimum Gasteiger partial charge on any atom is -0.492 e. The first-order valence-corrected chi connectivity index (χ1v) is 8.68. The van der Waals surface area contributed by atoms with Gasteiger partial charge in [-0.1, -0.05) is 41.6 Å². The molecule has 0 saturated heterocycles. The smallest absolute Gasteiger partial charge is 0.227 e. The molecular weight excluding hydrogens is 322 g/mol. The van der Waals surface area contributed by atoms with Gasteiger partial charge in [0.25, 0.3) is 0 Å². The second-order valence-corrected chi connectivity index (χ2v) is 6.39. The Balaban J connectivity index is 1.75. The fourth-order valence-corrected chi connectivity index (χ4v) is 3.18. The summed E-state index contributed by atoms with van der Waals surface area (Å²) >= 11 is 1.35. The molecule has 124 valence electrons. The number of imidazole rings is 1. The maximum atomic E-state index is 11.1. The first-order chi connectivity index (χ1) is 11.6. The van der Waals surface area contributed by atoms with Crippen molar-refractivity contribution in [1.82, 2.24) is 9.55 Å². The molecule has 0 spiro atoms. The van der Waals surface area contributed by atoms with E-state index in [4.69, 9.17) is 10.5 Å². The summed E-state index contributed by atoms with van der Waals surface area (Å²) < 4.78 is 7.88. The van der Waals surface area contributed by atoms with Crippen LogP contribution < -0.4 is 10.5 Å². The van der Waals surface area contributed by atoms with Crippen LogP contribution in [0.25, 0.3) is 11.0 Å². The predicted octanol–water partition coefficient (Wildman–Crippen LogP) is 3.00.